The number of methoxy groups -OCH3 is 2. The summed E-state index contributed by atoms with van der Waals surface area (Å²) in [6.45, 7) is 6.60. The minimum Gasteiger partial charge on any atom is -0.497 e. The van der Waals surface area contributed by atoms with Gasteiger partial charge in [-0.15, -0.1) is 0 Å². The molecule has 0 atom stereocenters. The number of anilines is 2. The van der Waals surface area contributed by atoms with E-state index in [2.05, 4.69) is 34.4 Å². The lowest BCUT2D eigenvalue weighted by atomic mass is 10.1. The number of hydrogen-bond acceptors (Lipinski definition) is 6. The zero-order chi connectivity index (χ0) is 19.1. The van der Waals surface area contributed by atoms with Crippen molar-refractivity contribution in [2.45, 2.75) is 27.2 Å². The number of amides is 1. The largest absolute Gasteiger partial charge is 0.497 e. The Kier molecular flexibility index (Phi) is 6.77. The van der Waals surface area contributed by atoms with E-state index in [9.17, 15) is 4.79 Å². The van der Waals surface area contributed by atoms with Crippen LogP contribution in [0.3, 0.4) is 0 Å². The Hall–Kier alpha value is -2.83. The number of aromatic nitrogens is 2. The van der Waals surface area contributed by atoms with E-state index in [4.69, 9.17) is 9.47 Å². The lowest BCUT2D eigenvalue weighted by Gasteiger charge is -2.13. The molecular formula is C19H26N4O3. The third kappa shape index (κ3) is 5.34. The van der Waals surface area contributed by atoms with Crippen molar-refractivity contribution >= 4 is 17.4 Å². The average Bonchev–Trinajstić information content (AvgIpc) is 2.61. The van der Waals surface area contributed by atoms with E-state index in [0.29, 0.717) is 41.3 Å². The summed E-state index contributed by atoms with van der Waals surface area (Å²) >= 11 is 0. The molecule has 0 bridgehead atoms. The van der Waals surface area contributed by atoms with Crippen molar-refractivity contribution in [2.24, 2.45) is 5.92 Å². The maximum Gasteiger partial charge on any atom is 0.270 e. The van der Waals surface area contributed by atoms with Gasteiger partial charge in [0.2, 0.25) is 0 Å². The number of carbonyl (C=O) groups excluding carboxylic acids is 1. The van der Waals surface area contributed by atoms with Crippen molar-refractivity contribution in [3.05, 3.63) is 35.8 Å². The Balaban J connectivity index is 2.18. The number of aryl methyl sites for hydroxylation is 1. The molecular weight excluding hydrogens is 332 g/mol. The molecule has 7 nitrogen and oxygen atoms in total. The molecule has 0 radical (unpaired) electrons. The van der Waals surface area contributed by atoms with Crippen LogP contribution in [0.1, 0.15) is 36.6 Å². The number of carbonyl (C=O) groups is 1. The normalized spacial score (nSPS) is 10.5. The minimum absolute atomic E-state index is 0.208. The molecule has 26 heavy (non-hydrogen) atoms. The first-order valence-corrected chi connectivity index (χ1v) is 8.56. The summed E-state index contributed by atoms with van der Waals surface area (Å²) < 4.78 is 10.6. The molecule has 2 rings (SSSR count). The van der Waals surface area contributed by atoms with Gasteiger partial charge < -0.3 is 20.1 Å². The van der Waals surface area contributed by atoms with Gasteiger partial charge in [-0.05, 0) is 31.4 Å². The standard InChI is InChI=1S/C19H26N4O3/c1-12(2)8-9-20-19(24)16-11-18(22-13(3)21-16)23-15-7-6-14(25-4)10-17(15)26-5/h6-7,10-12H,8-9H2,1-5H3,(H,20,24)(H,21,22,23). The Labute approximate surface area is 154 Å². The van der Waals surface area contributed by atoms with Crippen LogP contribution in [0.15, 0.2) is 24.3 Å². The monoisotopic (exact) mass is 358 g/mol. The number of ether oxygens (including phenoxy) is 2. The first-order valence-electron chi connectivity index (χ1n) is 8.56. The molecule has 0 fully saturated rings. The highest BCUT2D eigenvalue weighted by Gasteiger charge is 2.12. The molecule has 2 aromatic rings. The highest BCUT2D eigenvalue weighted by Crippen LogP contribution is 2.31. The molecule has 0 aliphatic heterocycles. The molecule has 1 amide bonds. The van der Waals surface area contributed by atoms with Crippen molar-refractivity contribution in [2.75, 3.05) is 26.1 Å². The van der Waals surface area contributed by atoms with Crippen molar-refractivity contribution < 1.29 is 14.3 Å². The average molecular weight is 358 g/mol. The zero-order valence-corrected chi connectivity index (χ0v) is 15.9. The zero-order valence-electron chi connectivity index (χ0n) is 15.9. The number of hydrogen-bond donors (Lipinski definition) is 2. The van der Waals surface area contributed by atoms with Gasteiger partial charge in [-0.1, -0.05) is 13.8 Å². The van der Waals surface area contributed by atoms with Gasteiger partial charge in [0, 0.05) is 18.7 Å². The summed E-state index contributed by atoms with van der Waals surface area (Å²) in [6.07, 6.45) is 0.921. The van der Waals surface area contributed by atoms with Crippen molar-refractivity contribution in [3.63, 3.8) is 0 Å². The quantitative estimate of drug-likeness (QED) is 0.753. The molecule has 7 heteroatoms. The maximum atomic E-state index is 12.3. The highest BCUT2D eigenvalue weighted by molar-refractivity contribution is 5.93. The van der Waals surface area contributed by atoms with Gasteiger partial charge in [-0.25, -0.2) is 9.97 Å². The lowest BCUT2D eigenvalue weighted by Crippen LogP contribution is -2.26. The first kappa shape index (κ1) is 19.5. The molecule has 2 N–H and O–H groups in total. The molecule has 1 aromatic heterocycles. The summed E-state index contributed by atoms with van der Waals surface area (Å²) in [7, 11) is 3.18. The van der Waals surface area contributed by atoms with E-state index in [1.165, 1.54) is 0 Å². The molecule has 0 aliphatic carbocycles. The number of benzene rings is 1. The highest BCUT2D eigenvalue weighted by atomic mass is 16.5. The van der Waals surface area contributed by atoms with Crippen molar-refractivity contribution in [1.29, 1.82) is 0 Å². The van der Waals surface area contributed by atoms with E-state index in [-0.39, 0.29) is 5.91 Å². The molecule has 1 heterocycles. The fraction of sp³-hybridized carbons (Fsp3) is 0.421. The summed E-state index contributed by atoms with van der Waals surface area (Å²) in [5, 5.41) is 6.06. The third-order valence-electron chi connectivity index (χ3n) is 3.75. The Morgan fingerprint density at radius 2 is 1.92 bits per heavy atom. The Morgan fingerprint density at radius 3 is 2.58 bits per heavy atom. The summed E-state index contributed by atoms with van der Waals surface area (Å²) in [5.74, 6) is 2.66. The van der Waals surface area contributed by atoms with Crippen LogP contribution in [0.4, 0.5) is 11.5 Å². The van der Waals surface area contributed by atoms with E-state index in [1.807, 2.05) is 12.1 Å². The van der Waals surface area contributed by atoms with Gasteiger partial charge in [-0.3, -0.25) is 4.79 Å². The van der Waals surface area contributed by atoms with Crippen molar-refractivity contribution in [3.8, 4) is 11.5 Å². The second-order valence-corrected chi connectivity index (χ2v) is 6.32. The predicted octanol–water partition coefficient (Wildman–Crippen LogP) is 3.32. The summed E-state index contributed by atoms with van der Waals surface area (Å²) in [5.41, 5.74) is 1.05. The van der Waals surface area contributed by atoms with Gasteiger partial charge in [0.1, 0.15) is 28.8 Å². The first-order chi connectivity index (χ1) is 12.4. The summed E-state index contributed by atoms with van der Waals surface area (Å²) in [4.78, 5) is 20.9. The molecule has 140 valence electrons. The van der Waals surface area contributed by atoms with E-state index in [0.717, 1.165) is 12.1 Å². The maximum absolute atomic E-state index is 12.3. The van der Waals surface area contributed by atoms with Crippen LogP contribution in [0.2, 0.25) is 0 Å². The van der Waals surface area contributed by atoms with Gasteiger partial charge in [-0.2, -0.15) is 0 Å². The lowest BCUT2D eigenvalue weighted by molar-refractivity contribution is 0.0946. The van der Waals surface area contributed by atoms with Crippen molar-refractivity contribution in [1.82, 2.24) is 15.3 Å². The predicted molar refractivity (Wildman–Crippen MR) is 101 cm³/mol. The SMILES string of the molecule is COc1ccc(Nc2cc(C(=O)NCCC(C)C)nc(C)n2)c(OC)c1. The van der Waals surface area contributed by atoms with Crippen LogP contribution in [0.5, 0.6) is 11.5 Å². The van der Waals surface area contributed by atoms with E-state index in [1.54, 1.807) is 33.3 Å². The smallest absolute Gasteiger partial charge is 0.270 e. The number of nitrogens with one attached hydrogen (secondary N) is 2. The van der Waals surface area contributed by atoms with Crippen LogP contribution < -0.4 is 20.1 Å². The van der Waals surface area contributed by atoms with Gasteiger partial charge in [0.15, 0.2) is 0 Å². The fourth-order valence-corrected chi connectivity index (χ4v) is 2.35. The summed E-state index contributed by atoms with van der Waals surface area (Å²) in [6, 6.07) is 7.05. The van der Waals surface area contributed by atoms with Crippen LogP contribution in [0.25, 0.3) is 0 Å². The van der Waals surface area contributed by atoms with Gasteiger partial charge >= 0.3 is 0 Å². The molecule has 0 unspecified atom stereocenters. The number of nitrogens with zero attached hydrogens (tertiary/aromatic N) is 2. The minimum atomic E-state index is -0.208. The fourth-order valence-electron chi connectivity index (χ4n) is 2.35. The van der Waals surface area contributed by atoms with Crippen LogP contribution in [-0.4, -0.2) is 36.6 Å². The van der Waals surface area contributed by atoms with Gasteiger partial charge in [0.05, 0.1) is 19.9 Å². The number of rotatable bonds is 8. The molecule has 1 aromatic carbocycles. The van der Waals surface area contributed by atoms with E-state index < -0.39 is 0 Å². The second kappa shape index (κ2) is 9.03. The second-order valence-electron chi connectivity index (χ2n) is 6.32. The molecule has 0 saturated heterocycles. The van der Waals surface area contributed by atoms with Gasteiger partial charge in [0.25, 0.3) is 5.91 Å². The Bertz CT molecular complexity index is 762. The van der Waals surface area contributed by atoms with Crippen LogP contribution in [-0.2, 0) is 0 Å². The molecule has 0 spiro atoms. The topological polar surface area (TPSA) is 85.4 Å². The molecule has 0 saturated carbocycles. The van der Waals surface area contributed by atoms with E-state index >= 15 is 0 Å². The van der Waals surface area contributed by atoms with Crippen LogP contribution in [0, 0.1) is 12.8 Å². The third-order valence-corrected chi connectivity index (χ3v) is 3.75. The Morgan fingerprint density at radius 1 is 1.15 bits per heavy atom. The van der Waals surface area contributed by atoms with Crippen LogP contribution >= 0.6 is 0 Å². The molecule has 0 aliphatic rings.